The molecule has 0 radical (unpaired) electrons. The van der Waals surface area contributed by atoms with Gasteiger partial charge in [-0.1, -0.05) is 11.6 Å². The molecular formula is C23H23ClN4O3. The van der Waals surface area contributed by atoms with Gasteiger partial charge in [-0.05, 0) is 61.7 Å². The molecule has 1 aliphatic rings. The van der Waals surface area contributed by atoms with Gasteiger partial charge in [-0.2, -0.15) is 0 Å². The fraction of sp³-hybridized carbons (Fsp3) is 0.261. The Bertz CT molecular complexity index is 1050. The molecule has 1 aliphatic heterocycles. The van der Waals surface area contributed by atoms with Crippen LogP contribution in [0, 0.1) is 0 Å². The number of hydrogen-bond acceptors (Lipinski definition) is 6. The molecular weight excluding hydrogens is 416 g/mol. The summed E-state index contributed by atoms with van der Waals surface area (Å²) in [4.78, 5) is 23.6. The van der Waals surface area contributed by atoms with Crippen LogP contribution in [0.1, 0.15) is 29.6 Å². The fourth-order valence-electron chi connectivity index (χ4n) is 3.45. The number of anilines is 2. The van der Waals surface area contributed by atoms with Crippen LogP contribution in [0.5, 0.6) is 17.4 Å². The van der Waals surface area contributed by atoms with E-state index in [0.29, 0.717) is 33.7 Å². The maximum atomic E-state index is 12.6. The number of amides is 1. The molecule has 0 aliphatic carbocycles. The minimum absolute atomic E-state index is 0.249. The van der Waals surface area contributed by atoms with Crippen molar-refractivity contribution in [2.24, 2.45) is 0 Å². The third-order valence-corrected chi connectivity index (χ3v) is 5.34. The Balaban J connectivity index is 1.44. The summed E-state index contributed by atoms with van der Waals surface area (Å²) in [5, 5.41) is 3.25. The van der Waals surface area contributed by atoms with E-state index in [9.17, 15) is 4.79 Å². The molecule has 2 aromatic carbocycles. The minimum atomic E-state index is -0.249. The summed E-state index contributed by atoms with van der Waals surface area (Å²) < 4.78 is 11.1. The Kier molecular flexibility index (Phi) is 6.52. The summed E-state index contributed by atoms with van der Waals surface area (Å²) in [6, 6.07) is 12.0. The number of nitrogens with zero attached hydrogens (tertiary/aromatic N) is 3. The van der Waals surface area contributed by atoms with E-state index in [1.165, 1.54) is 6.42 Å². The molecule has 0 saturated carbocycles. The van der Waals surface area contributed by atoms with Crippen LogP contribution in [0.25, 0.3) is 0 Å². The zero-order chi connectivity index (χ0) is 21.6. The van der Waals surface area contributed by atoms with Crippen molar-refractivity contribution in [2.45, 2.75) is 19.3 Å². The first-order chi connectivity index (χ1) is 15.1. The summed E-state index contributed by atoms with van der Waals surface area (Å²) in [5.74, 6) is 2.10. The lowest BCUT2D eigenvalue weighted by Gasteiger charge is -2.28. The predicted octanol–water partition coefficient (Wildman–Crippen LogP) is 5.17. The Morgan fingerprint density at radius 3 is 2.48 bits per heavy atom. The number of benzene rings is 2. The van der Waals surface area contributed by atoms with Crippen LogP contribution in [0.4, 0.5) is 11.5 Å². The van der Waals surface area contributed by atoms with Gasteiger partial charge < -0.3 is 19.7 Å². The highest BCUT2D eigenvalue weighted by molar-refractivity contribution is 6.32. The minimum Gasteiger partial charge on any atom is -0.495 e. The van der Waals surface area contributed by atoms with Crippen LogP contribution in [0.2, 0.25) is 5.02 Å². The van der Waals surface area contributed by atoms with E-state index in [2.05, 4.69) is 20.2 Å². The highest BCUT2D eigenvalue weighted by Crippen LogP contribution is 2.30. The Morgan fingerprint density at radius 1 is 1.03 bits per heavy atom. The first kappa shape index (κ1) is 20.9. The second-order valence-corrected chi connectivity index (χ2v) is 7.57. The van der Waals surface area contributed by atoms with Crippen molar-refractivity contribution < 1.29 is 14.3 Å². The molecule has 0 spiro atoms. The van der Waals surface area contributed by atoms with E-state index >= 15 is 0 Å². The number of carbonyl (C=O) groups is 1. The van der Waals surface area contributed by atoms with Crippen molar-refractivity contribution in [3.63, 3.8) is 0 Å². The second-order valence-electron chi connectivity index (χ2n) is 7.16. The molecule has 3 aromatic rings. The molecule has 0 bridgehead atoms. The lowest BCUT2D eigenvalue weighted by molar-refractivity contribution is 0.102. The van der Waals surface area contributed by atoms with E-state index in [0.717, 1.165) is 31.7 Å². The highest BCUT2D eigenvalue weighted by atomic mass is 35.5. The average molecular weight is 439 g/mol. The van der Waals surface area contributed by atoms with Crippen LogP contribution in [-0.2, 0) is 0 Å². The topological polar surface area (TPSA) is 76.6 Å². The number of ether oxygens (including phenoxy) is 2. The van der Waals surface area contributed by atoms with Gasteiger partial charge in [-0.3, -0.25) is 4.79 Å². The summed E-state index contributed by atoms with van der Waals surface area (Å²) in [6.07, 6.45) is 6.80. The van der Waals surface area contributed by atoms with Gasteiger partial charge in [0.25, 0.3) is 11.8 Å². The van der Waals surface area contributed by atoms with Crippen molar-refractivity contribution >= 4 is 29.0 Å². The number of carbonyl (C=O) groups excluding carboxylic acids is 1. The molecule has 31 heavy (non-hydrogen) atoms. The fourth-order valence-corrected chi connectivity index (χ4v) is 3.70. The zero-order valence-electron chi connectivity index (χ0n) is 17.2. The molecule has 0 atom stereocenters. The van der Waals surface area contributed by atoms with Gasteiger partial charge in [0.05, 0.1) is 12.1 Å². The normalized spacial score (nSPS) is 13.5. The maximum Gasteiger partial charge on any atom is 0.263 e. The van der Waals surface area contributed by atoms with Gasteiger partial charge in [-0.25, -0.2) is 9.97 Å². The molecule has 160 valence electrons. The summed E-state index contributed by atoms with van der Waals surface area (Å²) in [5.41, 5.74) is 1.08. The van der Waals surface area contributed by atoms with Gasteiger partial charge in [0.1, 0.15) is 11.5 Å². The smallest absolute Gasteiger partial charge is 0.263 e. The second kappa shape index (κ2) is 9.66. The van der Waals surface area contributed by atoms with Crippen LogP contribution in [0.15, 0.2) is 54.9 Å². The zero-order valence-corrected chi connectivity index (χ0v) is 17.9. The SMILES string of the molecule is COc1ccc(NC(=O)c2ccc(Oc3nccnc3N3CCCCC3)cc2)cc1Cl. The molecule has 1 N–H and O–H groups in total. The van der Waals surface area contributed by atoms with E-state index < -0.39 is 0 Å². The Labute approximate surface area is 186 Å². The largest absolute Gasteiger partial charge is 0.495 e. The van der Waals surface area contributed by atoms with Crippen LogP contribution < -0.4 is 19.7 Å². The number of piperidine rings is 1. The lowest BCUT2D eigenvalue weighted by Crippen LogP contribution is -2.30. The molecule has 7 nitrogen and oxygen atoms in total. The molecule has 1 saturated heterocycles. The van der Waals surface area contributed by atoms with Crippen molar-refractivity contribution in [3.05, 3.63) is 65.4 Å². The molecule has 4 rings (SSSR count). The van der Waals surface area contributed by atoms with Gasteiger partial charge in [0.2, 0.25) is 0 Å². The average Bonchev–Trinajstić information content (AvgIpc) is 2.80. The predicted molar refractivity (Wildman–Crippen MR) is 121 cm³/mol. The Morgan fingerprint density at radius 2 is 1.77 bits per heavy atom. The maximum absolute atomic E-state index is 12.6. The molecule has 0 unspecified atom stereocenters. The van der Waals surface area contributed by atoms with Crippen LogP contribution >= 0.6 is 11.6 Å². The lowest BCUT2D eigenvalue weighted by atomic mass is 10.1. The summed E-state index contributed by atoms with van der Waals surface area (Å²) in [6.45, 7) is 1.90. The molecule has 1 aromatic heterocycles. The number of halogens is 1. The third kappa shape index (κ3) is 5.06. The number of aromatic nitrogens is 2. The van der Waals surface area contributed by atoms with E-state index in [1.807, 2.05) is 0 Å². The number of hydrogen-bond donors (Lipinski definition) is 1. The van der Waals surface area contributed by atoms with Crippen LogP contribution in [-0.4, -0.2) is 36.1 Å². The monoisotopic (exact) mass is 438 g/mol. The molecule has 8 heteroatoms. The van der Waals surface area contributed by atoms with Crippen molar-refractivity contribution in [1.29, 1.82) is 0 Å². The van der Waals surface area contributed by atoms with Gasteiger partial charge >= 0.3 is 0 Å². The molecule has 2 heterocycles. The quantitative estimate of drug-likeness (QED) is 0.571. The number of rotatable bonds is 6. The van der Waals surface area contributed by atoms with Gasteiger partial charge in [0, 0.05) is 36.7 Å². The number of nitrogens with one attached hydrogen (secondary N) is 1. The molecule has 1 amide bonds. The summed E-state index contributed by atoms with van der Waals surface area (Å²) in [7, 11) is 1.54. The van der Waals surface area contributed by atoms with E-state index in [4.69, 9.17) is 21.1 Å². The van der Waals surface area contributed by atoms with E-state index in [-0.39, 0.29) is 5.91 Å². The van der Waals surface area contributed by atoms with Crippen molar-refractivity contribution in [3.8, 4) is 17.4 Å². The van der Waals surface area contributed by atoms with Crippen molar-refractivity contribution in [1.82, 2.24) is 9.97 Å². The standard InChI is InChI=1S/C23H23ClN4O3/c1-30-20-10-7-17(15-19(20)24)27-22(29)16-5-8-18(9-6-16)31-23-21(25-11-12-26-23)28-13-3-2-4-14-28/h5-12,15H,2-4,13-14H2,1H3,(H,27,29). The van der Waals surface area contributed by atoms with E-state index in [1.54, 1.807) is 62.0 Å². The third-order valence-electron chi connectivity index (χ3n) is 5.04. The number of methoxy groups -OCH3 is 1. The first-order valence-corrected chi connectivity index (χ1v) is 10.5. The molecule has 1 fully saturated rings. The van der Waals surface area contributed by atoms with Gasteiger partial charge in [0.15, 0.2) is 5.82 Å². The summed E-state index contributed by atoms with van der Waals surface area (Å²) >= 11 is 6.12. The highest BCUT2D eigenvalue weighted by Gasteiger charge is 2.18. The Hall–Kier alpha value is -3.32. The van der Waals surface area contributed by atoms with Crippen molar-refractivity contribution in [2.75, 3.05) is 30.4 Å². The van der Waals surface area contributed by atoms with Crippen LogP contribution in [0.3, 0.4) is 0 Å². The van der Waals surface area contributed by atoms with Gasteiger partial charge in [-0.15, -0.1) is 0 Å². The first-order valence-electron chi connectivity index (χ1n) is 10.1.